The molecule has 0 aromatic carbocycles. The molecule has 0 bridgehead atoms. The lowest BCUT2D eigenvalue weighted by Crippen LogP contribution is -2.06. The predicted molar refractivity (Wildman–Crippen MR) is 77.0 cm³/mol. The first kappa shape index (κ1) is 13.5. The lowest BCUT2D eigenvalue weighted by Gasteiger charge is -2.09. The maximum absolute atomic E-state index is 4.62. The van der Waals surface area contributed by atoms with Gasteiger partial charge >= 0.3 is 0 Å². The summed E-state index contributed by atoms with van der Waals surface area (Å²) in [4.78, 5) is 13.3. The van der Waals surface area contributed by atoms with Gasteiger partial charge < -0.3 is 9.88 Å². The Morgan fingerprint density at radius 3 is 2.68 bits per heavy atom. The summed E-state index contributed by atoms with van der Waals surface area (Å²) in [6, 6.07) is 2.04. The van der Waals surface area contributed by atoms with E-state index in [1.807, 2.05) is 17.7 Å². The molecular formula is C14H21N5. The van der Waals surface area contributed by atoms with Crippen LogP contribution in [-0.4, -0.2) is 26.1 Å². The summed E-state index contributed by atoms with van der Waals surface area (Å²) in [6.07, 6.45) is 6.69. The number of rotatable bonds is 6. The van der Waals surface area contributed by atoms with Crippen LogP contribution in [0.2, 0.25) is 0 Å². The van der Waals surface area contributed by atoms with E-state index in [9.17, 15) is 0 Å². The zero-order valence-corrected chi connectivity index (χ0v) is 11.8. The second kappa shape index (κ2) is 6.31. The summed E-state index contributed by atoms with van der Waals surface area (Å²) in [5.41, 5.74) is 2.02. The lowest BCUT2D eigenvalue weighted by molar-refractivity contribution is 0.860. The van der Waals surface area contributed by atoms with E-state index >= 15 is 0 Å². The second-order valence-corrected chi connectivity index (χ2v) is 4.63. The van der Waals surface area contributed by atoms with Crippen LogP contribution in [0.4, 0.5) is 5.82 Å². The largest absolute Gasteiger partial charge is 0.370 e. The Morgan fingerprint density at radius 1 is 1.21 bits per heavy atom. The molecule has 0 fully saturated rings. The quantitative estimate of drug-likeness (QED) is 0.866. The number of hydrogen-bond donors (Lipinski definition) is 1. The molecule has 0 saturated heterocycles. The molecule has 0 atom stereocenters. The molecule has 5 nitrogen and oxygen atoms in total. The minimum absolute atomic E-state index is 0.740. The van der Waals surface area contributed by atoms with Crippen molar-refractivity contribution in [3.05, 3.63) is 24.3 Å². The van der Waals surface area contributed by atoms with Crippen molar-refractivity contribution in [2.45, 2.75) is 33.1 Å². The summed E-state index contributed by atoms with van der Waals surface area (Å²) in [7, 11) is 1.96. The zero-order valence-electron chi connectivity index (χ0n) is 11.8. The smallest absolute Gasteiger partial charge is 0.180 e. The molecule has 0 aliphatic carbocycles. The molecule has 0 unspecified atom stereocenters. The first-order valence-electron chi connectivity index (χ1n) is 6.83. The lowest BCUT2D eigenvalue weighted by atomic mass is 10.2. The molecule has 0 radical (unpaired) electrons. The van der Waals surface area contributed by atoms with E-state index in [2.05, 4.69) is 34.1 Å². The van der Waals surface area contributed by atoms with E-state index < -0.39 is 0 Å². The molecule has 0 spiro atoms. The molecule has 0 aliphatic heterocycles. The van der Waals surface area contributed by atoms with Crippen molar-refractivity contribution in [2.75, 3.05) is 11.9 Å². The van der Waals surface area contributed by atoms with Crippen molar-refractivity contribution in [3.8, 4) is 11.5 Å². The number of aryl methyl sites for hydroxylation is 2. The van der Waals surface area contributed by atoms with Crippen LogP contribution >= 0.6 is 0 Å². The maximum Gasteiger partial charge on any atom is 0.180 e. The summed E-state index contributed by atoms with van der Waals surface area (Å²) in [5.74, 6) is 1.64. The van der Waals surface area contributed by atoms with E-state index in [0.29, 0.717) is 0 Å². The molecule has 19 heavy (non-hydrogen) atoms. The Hall–Kier alpha value is -1.91. The van der Waals surface area contributed by atoms with Crippen LogP contribution in [-0.2, 0) is 13.5 Å². The average Bonchev–Trinajstić information content (AvgIpc) is 2.83. The average molecular weight is 259 g/mol. The number of anilines is 1. The molecule has 5 heteroatoms. The van der Waals surface area contributed by atoms with Crippen molar-refractivity contribution >= 4 is 5.82 Å². The topological polar surface area (TPSA) is 55.6 Å². The molecule has 0 saturated carbocycles. The fourth-order valence-electron chi connectivity index (χ4n) is 1.91. The SMILES string of the molecule is CCCNc1cc(CCC)nc(-c2cncn2C)n1. The van der Waals surface area contributed by atoms with Gasteiger partial charge in [-0.15, -0.1) is 0 Å². The van der Waals surface area contributed by atoms with E-state index in [1.165, 1.54) is 0 Å². The third kappa shape index (κ3) is 3.30. The van der Waals surface area contributed by atoms with Gasteiger partial charge in [-0.1, -0.05) is 20.3 Å². The summed E-state index contributed by atoms with van der Waals surface area (Å²) in [5, 5.41) is 3.33. The molecule has 2 rings (SSSR count). The van der Waals surface area contributed by atoms with Gasteiger partial charge in [-0.25, -0.2) is 15.0 Å². The number of nitrogens with zero attached hydrogens (tertiary/aromatic N) is 4. The van der Waals surface area contributed by atoms with E-state index in [0.717, 1.165) is 48.8 Å². The van der Waals surface area contributed by atoms with Crippen LogP contribution in [0, 0.1) is 0 Å². The van der Waals surface area contributed by atoms with Gasteiger partial charge in [-0.3, -0.25) is 0 Å². The Labute approximate surface area is 114 Å². The van der Waals surface area contributed by atoms with Crippen molar-refractivity contribution < 1.29 is 0 Å². The van der Waals surface area contributed by atoms with E-state index in [-0.39, 0.29) is 0 Å². The van der Waals surface area contributed by atoms with Crippen LogP contribution in [0.25, 0.3) is 11.5 Å². The fourth-order valence-corrected chi connectivity index (χ4v) is 1.91. The monoisotopic (exact) mass is 259 g/mol. The highest BCUT2D eigenvalue weighted by Gasteiger charge is 2.09. The third-order valence-corrected chi connectivity index (χ3v) is 2.89. The molecular weight excluding hydrogens is 238 g/mol. The highest BCUT2D eigenvalue weighted by molar-refractivity contribution is 5.52. The second-order valence-electron chi connectivity index (χ2n) is 4.63. The molecule has 0 aliphatic rings. The third-order valence-electron chi connectivity index (χ3n) is 2.89. The van der Waals surface area contributed by atoms with Crippen LogP contribution in [0.5, 0.6) is 0 Å². The van der Waals surface area contributed by atoms with Crippen LogP contribution in [0.15, 0.2) is 18.6 Å². The minimum atomic E-state index is 0.740. The fraction of sp³-hybridized carbons (Fsp3) is 0.500. The van der Waals surface area contributed by atoms with E-state index in [1.54, 1.807) is 12.5 Å². The van der Waals surface area contributed by atoms with Crippen molar-refractivity contribution in [1.29, 1.82) is 0 Å². The number of aromatic nitrogens is 4. The van der Waals surface area contributed by atoms with Crippen LogP contribution in [0.1, 0.15) is 32.4 Å². The standard InChI is InChI=1S/C14H21N5/c1-4-6-11-8-13(16-7-5-2)18-14(17-11)12-9-15-10-19(12)3/h8-10H,4-7H2,1-3H3,(H,16,17,18). The van der Waals surface area contributed by atoms with Crippen LogP contribution < -0.4 is 5.32 Å². The van der Waals surface area contributed by atoms with Crippen molar-refractivity contribution in [3.63, 3.8) is 0 Å². The number of hydrogen-bond acceptors (Lipinski definition) is 4. The maximum atomic E-state index is 4.62. The Balaban J connectivity index is 2.36. The zero-order chi connectivity index (χ0) is 13.7. The summed E-state index contributed by atoms with van der Waals surface area (Å²) in [6.45, 7) is 5.22. The van der Waals surface area contributed by atoms with Gasteiger partial charge in [0.2, 0.25) is 0 Å². The molecule has 2 aromatic rings. The van der Waals surface area contributed by atoms with Gasteiger partial charge in [0.1, 0.15) is 11.5 Å². The van der Waals surface area contributed by atoms with Gasteiger partial charge in [0.05, 0.1) is 12.5 Å². The van der Waals surface area contributed by atoms with Gasteiger partial charge in [-0.05, 0) is 12.8 Å². The Kier molecular flexibility index (Phi) is 4.49. The first-order valence-corrected chi connectivity index (χ1v) is 6.83. The summed E-state index contributed by atoms with van der Waals surface area (Å²) < 4.78 is 1.94. The minimum Gasteiger partial charge on any atom is -0.370 e. The highest BCUT2D eigenvalue weighted by atomic mass is 15.1. The molecule has 2 heterocycles. The summed E-state index contributed by atoms with van der Waals surface area (Å²) >= 11 is 0. The van der Waals surface area contributed by atoms with Crippen molar-refractivity contribution in [2.24, 2.45) is 7.05 Å². The van der Waals surface area contributed by atoms with Gasteiger partial charge in [-0.2, -0.15) is 0 Å². The first-order chi connectivity index (χ1) is 9.24. The molecule has 1 N–H and O–H groups in total. The molecule has 102 valence electrons. The number of nitrogens with one attached hydrogen (secondary N) is 1. The Bertz CT molecular complexity index is 532. The molecule has 0 amide bonds. The van der Waals surface area contributed by atoms with Gasteiger partial charge in [0.15, 0.2) is 5.82 Å². The molecule has 2 aromatic heterocycles. The highest BCUT2D eigenvalue weighted by Crippen LogP contribution is 2.17. The van der Waals surface area contributed by atoms with Gasteiger partial charge in [0, 0.05) is 25.4 Å². The Morgan fingerprint density at radius 2 is 2.05 bits per heavy atom. The predicted octanol–water partition coefficient (Wildman–Crippen LogP) is 2.65. The number of imidazole rings is 1. The van der Waals surface area contributed by atoms with Crippen molar-refractivity contribution in [1.82, 2.24) is 19.5 Å². The van der Waals surface area contributed by atoms with E-state index in [4.69, 9.17) is 0 Å². The normalized spacial score (nSPS) is 10.7. The van der Waals surface area contributed by atoms with Crippen LogP contribution in [0.3, 0.4) is 0 Å². The van der Waals surface area contributed by atoms with Gasteiger partial charge in [0.25, 0.3) is 0 Å².